The van der Waals surface area contributed by atoms with Crippen molar-refractivity contribution in [2.45, 2.75) is 39.3 Å². The summed E-state index contributed by atoms with van der Waals surface area (Å²) < 4.78 is 11.8. The van der Waals surface area contributed by atoms with E-state index < -0.39 is 0 Å². The van der Waals surface area contributed by atoms with Crippen molar-refractivity contribution in [1.29, 1.82) is 0 Å². The minimum Gasteiger partial charge on any atom is -0.491 e. The first-order valence-corrected chi connectivity index (χ1v) is 11.7. The maximum Gasteiger partial charge on any atom is 0.257 e. The average Bonchev–Trinajstić information content (AvgIpc) is 2.83. The van der Waals surface area contributed by atoms with Crippen LogP contribution in [0.2, 0.25) is 0 Å². The van der Waals surface area contributed by atoms with Gasteiger partial charge in [-0.15, -0.1) is 0 Å². The molecule has 0 saturated heterocycles. The Labute approximate surface area is 206 Å². The van der Waals surface area contributed by atoms with Gasteiger partial charge < -0.3 is 24.6 Å². The molecule has 0 radical (unpaired) electrons. The van der Waals surface area contributed by atoms with E-state index in [9.17, 15) is 14.4 Å². The molecule has 0 bridgehead atoms. The van der Waals surface area contributed by atoms with E-state index in [4.69, 9.17) is 9.47 Å². The lowest BCUT2D eigenvalue weighted by Crippen LogP contribution is -2.49. The highest BCUT2D eigenvalue weighted by atomic mass is 16.5. The second-order valence-electron chi connectivity index (χ2n) is 9.03. The molecule has 2 heterocycles. The summed E-state index contributed by atoms with van der Waals surface area (Å²) in [5, 5.41) is 2.72. The molecule has 9 heteroatoms. The van der Waals surface area contributed by atoms with Gasteiger partial charge in [0.05, 0.1) is 24.1 Å². The van der Waals surface area contributed by atoms with Crippen LogP contribution in [0.5, 0.6) is 5.75 Å². The second kappa shape index (κ2) is 11.8. The fourth-order valence-electron chi connectivity index (χ4n) is 4.16. The SMILES string of the molecule is CO[C@H]1CN(C)C(=O)c2ccc(NC(C)=O)cc2OC[C@@H](C)N(C(=O)Cc2ccccn2)C[C@@H]1C. The molecular weight excluding hydrogens is 448 g/mol. The van der Waals surface area contributed by atoms with E-state index in [1.807, 2.05) is 32.0 Å². The molecule has 188 valence electrons. The van der Waals surface area contributed by atoms with E-state index in [2.05, 4.69) is 10.3 Å². The highest BCUT2D eigenvalue weighted by Gasteiger charge is 2.30. The first-order valence-electron chi connectivity index (χ1n) is 11.7. The number of ether oxygens (including phenoxy) is 2. The second-order valence-corrected chi connectivity index (χ2v) is 9.03. The van der Waals surface area contributed by atoms with Gasteiger partial charge in [0.15, 0.2) is 0 Å². The first kappa shape index (κ1) is 26.2. The smallest absolute Gasteiger partial charge is 0.257 e. The van der Waals surface area contributed by atoms with E-state index in [1.165, 1.54) is 6.92 Å². The summed E-state index contributed by atoms with van der Waals surface area (Å²) in [6.07, 6.45) is 1.58. The van der Waals surface area contributed by atoms with Crippen molar-refractivity contribution < 1.29 is 23.9 Å². The molecule has 1 aliphatic rings. The summed E-state index contributed by atoms with van der Waals surface area (Å²) >= 11 is 0. The van der Waals surface area contributed by atoms with Gasteiger partial charge in [-0.05, 0) is 31.2 Å². The lowest BCUT2D eigenvalue weighted by atomic mass is 10.0. The van der Waals surface area contributed by atoms with Crippen LogP contribution < -0.4 is 10.1 Å². The van der Waals surface area contributed by atoms with Crippen LogP contribution in [-0.2, 0) is 20.7 Å². The molecule has 3 atom stereocenters. The molecule has 0 spiro atoms. The molecule has 3 amide bonds. The van der Waals surface area contributed by atoms with Crippen LogP contribution in [0.1, 0.15) is 36.8 Å². The molecule has 2 aromatic rings. The van der Waals surface area contributed by atoms with E-state index in [0.717, 1.165) is 0 Å². The molecule has 1 aromatic heterocycles. The number of amides is 3. The fraction of sp³-hybridized carbons (Fsp3) is 0.462. The summed E-state index contributed by atoms with van der Waals surface area (Å²) in [5.74, 6) is -0.181. The lowest BCUT2D eigenvalue weighted by Gasteiger charge is -2.36. The summed E-state index contributed by atoms with van der Waals surface area (Å²) in [7, 11) is 3.33. The number of likely N-dealkylation sites (N-methyl/N-ethyl adjacent to an activating group) is 1. The molecule has 9 nitrogen and oxygen atoms in total. The van der Waals surface area contributed by atoms with Crippen LogP contribution in [0.4, 0.5) is 5.69 Å². The lowest BCUT2D eigenvalue weighted by molar-refractivity contribution is -0.134. The highest BCUT2D eigenvalue weighted by Crippen LogP contribution is 2.27. The predicted molar refractivity (Wildman–Crippen MR) is 132 cm³/mol. The van der Waals surface area contributed by atoms with Gasteiger partial charge in [-0.3, -0.25) is 19.4 Å². The van der Waals surface area contributed by atoms with Crippen molar-refractivity contribution in [3.05, 3.63) is 53.9 Å². The number of nitrogens with one attached hydrogen (secondary N) is 1. The average molecular weight is 483 g/mol. The number of hydrogen-bond donors (Lipinski definition) is 1. The summed E-state index contributed by atoms with van der Waals surface area (Å²) in [6, 6.07) is 10.2. The molecule has 0 aliphatic carbocycles. The fourth-order valence-corrected chi connectivity index (χ4v) is 4.16. The van der Waals surface area contributed by atoms with Crippen LogP contribution in [0, 0.1) is 5.92 Å². The third-order valence-corrected chi connectivity index (χ3v) is 6.15. The third kappa shape index (κ3) is 6.79. The van der Waals surface area contributed by atoms with Crippen LogP contribution in [-0.4, -0.2) is 78.5 Å². The monoisotopic (exact) mass is 482 g/mol. The minimum atomic E-state index is -0.282. The van der Waals surface area contributed by atoms with Gasteiger partial charge >= 0.3 is 0 Å². The molecule has 0 saturated carbocycles. The maximum absolute atomic E-state index is 13.4. The summed E-state index contributed by atoms with van der Waals surface area (Å²) in [5.41, 5.74) is 1.60. The van der Waals surface area contributed by atoms with Crippen molar-refractivity contribution in [2.75, 3.05) is 39.2 Å². The number of carbonyl (C=O) groups excluding carboxylic acids is 3. The van der Waals surface area contributed by atoms with Crippen molar-refractivity contribution in [1.82, 2.24) is 14.8 Å². The molecule has 0 unspecified atom stereocenters. The number of fused-ring (bicyclic) bond motifs is 1. The zero-order valence-electron chi connectivity index (χ0n) is 21.0. The standard InChI is InChI=1S/C26H34N4O5/c1-17-14-30(25(32)13-20-8-6-7-11-27-20)18(2)16-35-23-12-21(28-19(3)31)9-10-22(23)26(33)29(4)15-24(17)34-5/h6-12,17-18,24H,13-16H2,1-5H3,(H,28,31)/t17-,18+,24-/m0/s1. The van der Waals surface area contributed by atoms with Gasteiger partial charge in [0.1, 0.15) is 12.4 Å². The van der Waals surface area contributed by atoms with Gasteiger partial charge in [-0.25, -0.2) is 0 Å². The number of carbonyl (C=O) groups is 3. The normalized spacial score (nSPS) is 21.3. The topological polar surface area (TPSA) is 101 Å². The number of pyridine rings is 1. The van der Waals surface area contributed by atoms with Gasteiger partial charge in [-0.1, -0.05) is 13.0 Å². The summed E-state index contributed by atoms with van der Waals surface area (Å²) in [4.78, 5) is 45.8. The minimum absolute atomic E-state index is 0.0357. The summed E-state index contributed by atoms with van der Waals surface area (Å²) in [6.45, 7) is 6.31. The number of nitrogens with zero attached hydrogens (tertiary/aromatic N) is 3. The third-order valence-electron chi connectivity index (χ3n) is 6.15. The van der Waals surface area contributed by atoms with Crippen LogP contribution in [0.25, 0.3) is 0 Å². The Balaban J connectivity index is 1.94. The zero-order chi connectivity index (χ0) is 25.5. The van der Waals surface area contributed by atoms with Gasteiger partial charge in [0, 0.05) is 63.7 Å². The number of hydrogen-bond acceptors (Lipinski definition) is 6. The highest BCUT2D eigenvalue weighted by molar-refractivity contribution is 5.98. The molecule has 1 aromatic carbocycles. The Hall–Kier alpha value is -3.46. The van der Waals surface area contributed by atoms with E-state index >= 15 is 0 Å². The Morgan fingerprint density at radius 3 is 2.63 bits per heavy atom. The van der Waals surface area contributed by atoms with Crippen molar-refractivity contribution in [3.63, 3.8) is 0 Å². The van der Waals surface area contributed by atoms with Crippen molar-refractivity contribution >= 4 is 23.4 Å². The van der Waals surface area contributed by atoms with Gasteiger partial charge in [0.2, 0.25) is 11.8 Å². The molecule has 3 rings (SSSR count). The predicted octanol–water partition coefficient (Wildman–Crippen LogP) is 2.62. The molecule has 1 aliphatic heterocycles. The van der Waals surface area contributed by atoms with Crippen molar-refractivity contribution in [3.8, 4) is 5.75 Å². The molecule has 0 fully saturated rings. The number of anilines is 1. The number of methoxy groups -OCH3 is 1. The Morgan fingerprint density at radius 1 is 1.20 bits per heavy atom. The van der Waals surface area contributed by atoms with Gasteiger partial charge in [0.25, 0.3) is 5.91 Å². The van der Waals surface area contributed by atoms with Crippen molar-refractivity contribution in [2.24, 2.45) is 5.92 Å². The largest absolute Gasteiger partial charge is 0.491 e. The number of aromatic nitrogens is 1. The molecule has 1 N–H and O–H groups in total. The molecular formula is C26H34N4O5. The van der Waals surface area contributed by atoms with Gasteiger partial charge in [-0.2, -0.15) is 0 Å². The Bertz CT molecular complexity index is 1050. The number of benzene rings is 1. The van der Waals surface area contributed by atoms with Crippen LogP contribution in [0.3, 0.4) is 0 Å². The zero-order valence-corrected chi connectivity index (χ0v) is 21.0. The van der Waals surface area contributed by atoms with Crippen LogP contribution >= 0.6 is 0 Å². The van der Waals surface area contributed by atoms with Crippen LogP contribution in [0.15, 0.2) is 42.6 Å². The maximum atomic E-state index is 13.4. The number of rotatable bonds is 4. The molecule has 35 heavy (non-hydrogen) atoms. The Morgan fingerprint density at radius 2 is 1.97 bits per heavy atom. The first-order chi connectivity index (χ1) is 16.7. The van der Waals surface area contributed by atoms with E-state index in [-0.39, 0.29) is 48.8 Å². The van der Waals surface area contributed by atoms with E-state index in [1.54, 1.807) is 48.4 Å². The van der Waals surface area contributed by atoms with E-state index in [0.29, 0.717) is 35.8 Å². The Kier molecular flexibility index (Phi) is 8.81. The quantitative estimate of drug-likeness (QED) is 0.719.